The van der Waals surface area contributed by atoms with Crippen LogP contribution in [-0.4, -0.2) is 17.4 Å². The van der Waals surface area contributed by atoms with Crippen molar-refractivity contribution < 1.29 is 4.79 Å². The first-order chi connectivity index (χ1) is 9.20. The fourth-order valence-electron chi connectivity index (χ4n) is 2.70. The quantitative estimate of drug-likeness (QED) is 0.871. The Morgan fingerprint density at radius 3 is 2.74 bits per heavy atom. The molecule has 0 aromatic carbocycles. The summed E-state index contributed by atoms with van der Waals surface area (Å²) >= 11 is 0. The zero-order valence-corrected chi connectivity index (χ0v) is 11.5. The van der Waals surface area contributed by atoms with Crippen LogP contribution in [0.2, 0.25) is 0 Å². The maximum atomic E-state index is 12.2. The third-order valence-corrected chi connectivity index (χ3v) is 4.04. The Balaban J connectivity index is 1.84. The van der Waals surface area contributed by atoms with E-state index in [1.54, 1.807) is 6.20 Å². The van der Waals surface area contributed by atoms with Gasteiger partial charge in [0.2, 0.25) is 5.91 Å². The molecule has 1 aromatic rings. The fourth-order valence-corrected chi connectivity index (χ4v) is 2.70. The molecule has 0 radical (unpaired) electrons. The number of hydrogen-bond donors (Lipinski definition) is 2. The van der Waals surface area contributed by atoms with Crippen molar-refractivity contribution in [2.75, 3.05) is 6.54 Å². The van der Waals surface area contributed by atoms with Crippen LogP contribution in [0, 0.1) is 11.8 Å². The maximum absolute atomic E-state index is 12.2. The molecule has 1 aromatic heterocycles. The van der Waals surface area contributed by atoms with E-state index in [-0.39, 0.29) is 17.9 Å². The zero-order chi connectivity index (χ0) is 13.7. The van der Waals surface area contributed by atoms with Crippen molar-refractivity contribution in [1.82, 2.24) is 10.3 Å². The van der Waals surface area contributed by atoms with E-state index in [1.165, 1.54) is 0 Å². The van der Waals surface area contributed by atoms with Crippen molar-refractivity contribution in [3.05, 3.63) is 30.1 Å². The summed E-state index contributed by atoms with van der Waals surface area (Å²) in [6.45, 7) is 2.73. The maximum Gasteiger partial charge on any atom is 0.223 e. The first-order valence-corrected chi connectivity index (χ1v) is 7.12. The summed E-state index contributed by atoms with van der Waals surface area (Å²) in [5.41, 5.74) is 6.58. The van der Waals surface area contributed by atoms with E-state index >= 15 is 0 Å². The second-order valence-corrected chi connectivity index (χ2v) is 5.44. The van der Waals surface area contributed by atoms with Crippen LogP contribution in [0.5, 0.6) is 0 Å². The number of carbonyl (C=O) groups excluding carboxylic acids is 1. The van der Waals surface area contributed by atoms with Crippen molar-refractivity contribution in [3.63, 3.8) is 0 Å². The first-order valence-electron chi connectivity index (χ1n) is 7.12. The lowest BCUT2D eigenvalue weighted by atomic mass is 9.81. The van der Waals surface area contributed by atoms with Crippen molar-refractivity contribution in [2.45, 2.75) is 38.6 Å². The van der Waals surface area contributed by atoms with E-state index in [9.17, 15) is 4.79 Å². The van der Waals surface area contributed by atoms with Gasteiger partial charge in [0.15, 0.2) is 0 Å². The Morgan fingerprint density at radius 1 is 1.42 bits per heavy atom. The highest BCUT2D eigenvalue weighted by atomic mass is 16.1. The SMILES string of the molecule is C[C@@H](NC(=O)C1CCC(CN)CC1)c1ccccn1. The largest absolute Gasteiger partial charge is 0.348 e. The lowest BCUT2D eigenvalue weighted by Crippen LogP contribution is -2.35. The van der Waals surface area contributed by atoms with Crippen LogP contribution in [0.1, 0.15) is 44.3 Å². The van der Waals surface area contributed by atoms with Gasteiger partial charge < -0.3 is 11.1 Å². The molecule has 1 aliphatic rings. The second-order valence-electron chi connectivity index (χ2n) is 5.44. The lowest BCUT2D eigenvalue weighted by Gasteiger charge is -2.27. The molecule has 0 spiro atoms. The van der Waals surface area contributed by atoms with E-state index in [2.05, 4.69) is 10.3 Å². The standard InChI is InChI=1S/C15H23N3O/c1-11(14-4-2-3-9-17-14)18-15(19)13-7-5-12(10-16)6-8-13/h2-4,9,11-13H,5-8,10,16H2,1H3,(H,18,19)/t11-,12?,13?/m1/s1. The molecule has 104 valence electrons. The van der Waals surface area contributed by atoms with E-state index < -0.39 is 0 Å². The van der Waals surface area contributed by atoms with Gasteiger partial charge in [-0.3, -0.25) is 9.78 Å². The molecule has 1 amide bonds. The Kier molecular flexibility index (Phi) is 4.91. The minimum atomic E-state index is -0.0269. The molecule has 1 saturated carbocycles. The summed E-state index contributed by atoms with van der Waals surface area (Å²) < 4.78 is 0. The third kappa shape index (κ3) is 3.77. The van der Waals surface area contributed by atoms with Crippen LogP contribution in [-0.2, 0) is 4.79 Å². The highest BCUT2D eigenvalue weighted by Crippen LogP contribution is 2.28. The van der Waals surface area contributed by atoms with E-state index in [0.29, 0.717) is 5.92 Å². The molecule has 1 aliphatic carbocycles. The molecular formula is C15H23N3O. The van der Waals surface area contributed by atoms with Crippen LogP contribution in [0.3, 0.4) is 0 Å². The first kappa shape index (κ1) is 14.0. The Labute approximate surface area is 114 Å². The number of nitrogens with zero attached hydrogens (tertiary/aromatic N) is 1. The molecule has 4 nitrogen and oxygen atoms in total. The van der Waals surface area contributed by atoms with Gasteiger partial charge in [0.1, 0.15) is 0 Å². The zero-order valence-electron chi connectivity index (χ0n) is 11.5. The Hall–Kier alpha value is -1.42. The van der Waals surface area contributed by atoms with Gasteiger partial charge in [-0.25, -0.2) is 0 Å². The molecule has 4 heteroatoms. The van der Waals surface area contributed by atoms with Gasteiger partial charge in [0, 0.05) is 12.1 Å². The van der Waals surface area contributed by atoms with Gasteiger partial charge in [0.05, 0.1) is 11.7 Å². The minimum Gasteiger partial charge on any atom is -0.348 e. The molecule has 1 atom stereocenters. The van der Waals surface area contributed by atoms with Gasteiger partial charge >= 0.3 is 0 Å². The molecular weight excluding hydrogens is 238 g/mol. The topological polar surface area (TPSA) is 68.0 Å². The summed E-state index contributed by atoms with van der Waals surface area (Å²) in [5, 5.41) is 3.07. The van der Waals surface area contributed by atoms with Crippen molar-refractivity contribution in [2.24, 2.45) is 17.6 Å². The van der Waals surface area contributed by atoms with Crippen LogP contribution in [0.25, 0.3) is 0 Å². The fraction of sp³-hybridized carbons (Fsp3) is 0.600. The van der Waals surface area contributed by atoms with Gasteiger partial charge in [-0.2, -0.15) is 0 Å². The molecule has 1 fully saturated rings. The number of hydrogen-bond acceptors (Lipinski definition) is 3. The normalized spacial score (nSPS) is 24.7. The summed E-state index contributed by atoms with van der Waals surface area (Å²) in [7, 11) is 0. The highest BCUT2D eigenvalue weighted by Gasteiger charge is 2.26. The highest BCUT2D eigenvalue weighted by molar-refractivity contribution is 5.79. The average Bonchev–Trinajstić information content (AvgIpc) is 2.48. The molecule has 3 N–H and O–H groups in total. The van der Waals surface area contributed by atoms with Gasteiger partial charge in [0.25, 0.3) is 0 Å². The molecule has 0 bridgehead atoms. The number of pyridine rings is 1. The van der Waals surface area contributed by atoms with Crippen molar-refractivity contribution in [3.8, 4) is 0 Å². The number of rotatable bonds is 4. The number of amides is 1. The summed E-state index contributed by atoms with van der Waals surface area (Å²) in [6, 6.07) is 5.74. The van der Waals surface area contributed by atoms with E-state index in [0.717, 1.165) is 37.9 Å². The Morgan fingerprint density at radius 2 is 2.16 bits per heavy atom. The Bertz CT molecular complexity index is 399. The summed E-state index contributed by atoms with van der Waals surface area (Å²) in [5.74, 6) is 0.917. The predicted molar refractivity (Wildman–Crippen MR) is 75.3 cm³/mol. The van der Waals surface area contributed by atoms with Crippen LogP contribution in [0.15, 0.2) is 24.4 Å². The van der Waals surface area contributed by atoms with Crippen LogP contribution >= 0.6 is 0 Å². The van der Waals surface area contributed by atoms with E-state index in [4.69, 9.17) is 5.73 Å². The molecule has 2 rings (SSSR count). The lowest BCUT2D eigenvalue weighted by molar-refractivity contribution is -0.126. The molecule has 0 unspecified atom stereocenters. The molecule has 0 aliphatic heterocycles. The summed E-state index contributed by atoms with van der Waals surface area (Å²) in [6.07, 6.45) is 5.83. The molecule has 1 heterocycles. The monoisotopic (exact) mass is 261 g/mol. The smallest absolute Gasteiger partial charge is 0.223 e. The molecule has 0 saturated heterocycles. The average molecular weight is 261 g/mol. The number of nitrogens with two attached hydrogens (primary N) is 1. The molecule has 19 heavy (non-hydrogen) atoms. The second kappa shape index (κ2) is 6.66. The third-order valence-electron chi connectivity index (χ3n) is 4.04. The van der Waals surface area contributed by atoms with Crippen molar-refractivity contribution in [1.29, 1.82) is 0 Å². The van der Waals surface area contributed by atoms with Crippen LogP contribution < -0.4 is 11.1 Å². The van der Waals surface area contributed by atoms with E-state index in [1.807, 2.05) is 25.1 Å². The number of carbonyl (C=O) groups is 1. The van der Waals surface area contributed by atoms with Crippen LogP contribution in [0.4, 0.5) is 0 Å². The van der Waals surface area contributed by atoms with Crippen molar-refractivity contribution >= 4 is 5.91 Å². The predicted octanol–water partition coefficient (Wildman–Crippen LogP) is 2.02. The van der Waals surface area contributed by atoms with Gasteiger partial charge in [-0.1, -0.05) is 6.07 Å². The summed E-state index contributed by atoms with van der Waals surface area (Å²) in [4.78, 5) is 16.5. The minimum absolute atomic E-state index is 0.0269. The van der Waals surface area contributed by atoms with Gasteiger partial charge in [-0.05, 0) is 57.2 Å². The van der Waals surface area contributed by atoms with Gasteiger partial charge in [-0.15, -0.1) is 0 Å². The number of nitrogens with one attached hydrogen (secondary N) is 1. The number of aromatic nitrogens is 1.